The smallest absolute Gasteiger partial charge is 0.371 e. The van der Waals surface area contributed by atoms with Crippen LogP contribution in [-0.2, 0) is 12.7 Å². The molecule has 2 fully saturated rings. The summed E-state index contributed by atoms with van der Waals surface area (Å²) in [5.41, 5.74) is 0.152. The Bertz CT molecular complexity index is 1250. The molecule has 12 heteroatoms. The van der Waals surface area contributed by atoms with E-state index in [0.29, 0.717) is 49.5 Å². The molecule has 184 valence electrons. The molecule has 0 radical (unpaired) electrons. The number of benzene rings is 1. The highest BCUT2D eigenvalue weighted by Gasteiger charge is 2.43. The molecule has 1 saturated carbocycles. The summed E-state index contributed by atoms with van der Waals surface area (Å²) in [6.45, 7) is 2.38. The van der Waals surface area contributed by atoms with Crippen molar-refractivity contribution in [2.75, 3.05) is 34.8 Å². The molecule has 1 N–H and O–H groups in total. The number of hydrogen-bond donors (Lipinski definition) is 1. The quantitative estimate of drug-likeness (QED) is 0.545. The fraction of sp³-hybridized carbons (Fsp3) is 0.435. The fourth-order valence-corrected chi connectivity index (χ4v) is 5.53. The fourth-order valence-electron chi connectivity index (χ4n) is 5.53. The molecule has 2 bridgehead atoms. The number of alkyl halides is 3. The number of piperidine rings is 1. The molecule has 3 aliphatic rings. The van der Waals surface area contributed by atoms with Crippen LogP contribution in [0.25, 0.3) is 0 Å². The second-order valence-electron chi connectivity index (χ2n) is 9.28. The first-order valence-electron chi connectivity index (χ1n) is 11.5. The summed E-state index contributed by atoms with van der Waals surface area (Å²) in [5, 5.41) is 8.00. The van der Waals surface area contributed by atoms with Crippen LogP contribution in [0.1, 0.15) is 18.5 Å². The van der Waals surface area contributed by atoms with Gasteiger partial charge >= 0.3 is 6.18 Å². The number of anilines is 4. The molecule has 0 unspecified atom stereocenters. The molecular formula is C23H22F5N7. The predicted molar refractivity (Wildman–Crippen MR) is 118 cm³/mol. The van der Waals surface area contributed by atoms with Crippen LogP contribution in [0.4, 0.5) is 45.2 Å². The standard InChI is InChI=1S/C23H22F5N7/c24-17-4-3-16(9-18(17)25)34-7-8-35-22(34)31-21(32-35)30-20-13-1-2-14(20)12-33(11-13)15-5-6-29-19(10-15)23(26,27)28/h3-6,9-10,13-14,20H,1-2,7-8,11-12H2,(H,30,32)/t13-,14+,20-. The first-order chi connectivity index (χ1) is 16.8. The van der Waals surface area contributed by atoms with Crippen molar-refractivity contribution in [3.8, 4) is 0 Å². The van der Waals surface area contributed by atoms with Crippen molar-refractivity contribution in [2.45, 2.75) is 31.6 Å². The summed E-state index contributed by atoms with van der Waals surface area (Å²) in [6.07, 6.45) is -1.34. The van der Waals surface area contributed by atoms with Gasteiger partial charge in [0.15, 0.2) is 11.6 Å². The van der Waals surface area contributed by atoms with Crippen molar-refractivity contribution in [3.05, 3.63) is 53.9 Å². The van der Waals surface area contributed by atoms with Gasteiger partial charge in [-0.3, -0.25) is 4.98 Å². The molecule has 2 aromatic heterocycles. The summed E-state index contributed by atoms with van der Waals surface area (Å²) >= 11 is 0. The Balaban J connectivity index is 1.17. The first kappa shape index (κ1) is 22.1. The minimum Gasteiger partial charge on any atom is -0.371 e. The van der Waals surface area contributed by atoms with Gasteiger partial charge in [-0.05, 0) is 48.9 Å². The third-order valence-electron chi connectivity index (χ3n) is 7.17. The number of rotatable bonds is 4. The number of aromatic nitrogens is 4. The number of halogens is 5. The van der Waals surface area contributed by atoms with E-state index in [0.717, 1.165) is 31.0 Å². The molecule has 3 atom stereocenters. The lowest BCUT2D eigenvalue weighted by Crippen LogP contribution is -2.48. The monoisotopic (exact) mass is 491 g/mol. The van der Waals surface area contributed by atoms with Gasteiger partial charge in [0.1, 0.15) is 5.69 Å². The van der Waals surface area contributed by atoms with Gasteiger partial charge in [0.2, 0.25) is 11.9 Å². The summed E-state index contributed by atoms with van der Waals surface area (Å²) in [6, 6.07) is 6.59. The van der Waals surface area contributed by atoms with E-state index in [1.807, 2.05) is 4.90 Å². The highest BCUT2D eigenvalue weighted by Crippen LogP contribution is 2.41. The van der Waals surface area contributed by atoms with Crippen molar-refractivity contribution in [1.82, 2.24) is 19.7 Å². The normalized spacial score (nSPS) is 23.6. The molecule has 4 heterocycles. The summed E-state index contributed by atoms with van der Waals surface area (Å²) in [4.78, 5) is 11.9. The predicted octanol–water partition coefficient (Wildman–Crippen LogP) is 4.45. The molecule has 1 aromatic carbocycles. The highest BCUT2D eigenvalue weighted by atomic mass is 19.4. The molecule has 1 aliphatic carbocycles. The van der Waals surface area contributed by atoms with Crippen molar-refractivity contribution < 1.29 is 22.0 Å². The second-order valence-corrected chi connectivity index (χ2v) is 9.28. The average molecular weight is 491 g/mol. The third kappa shape index (κ3) is 3.94. The molecule has 2 aliphatic heterocycles. The largest absolute Gasteiger partial charge is 0.433 e. The van der Waals surface area contributed by atoms with E-state index in [1.54, 1.807) is 15.6 Å². The lowest BCUT2D eigenvalue weighted by molar-refractivity contribution is -0.141. The van der Waals surface area contributed by atoms with Crippen LogP contribution in [0, 0.1) is 23.5 Å². The Morgan fingerprint density at radius 3 is 2.40 bits per heavy atom. The second kappa shape index (κ2) is 8.06. The van der Waals surface area contributed by atoms with Gasteiger partial charge in [-0.15, -0.1) is 5.10 Å². The maximum Gasteiger partial charge on any atom is 0.433 e. The van der Waals surface area contributed by atoms with E-state index in [2.05, 4.69) is 20.4 Å². The van der Waals surface area contributed by atoms with E-state index >= 15 is 0 Å². The number of hydrogen-bond acceptors (Lipinski definition) is 6. The zero-order valence-electron chi connectivity index (χ0n) is 18.5. The van der Waals surface area contributed by atoms with Gasteiger partial charge in [-0.1, -0.05) is 0 Å². The Hall–Kier alpha value is -3.44. The minimum absolute atomic E-state index is 0.106. The van der Waals surface area contributed by atoms with Crippen LogP contribution < -0.4 is 15.1 Å². The van der Waals surface area contributed by atoms with E-state index < -0.39 is 23.5 Å². The Morgan fingerprint density at radius 1 is 0.914 bits per heavy atom. The third-order valence-corrected chi connectivity index (χ3v) is 7.17. The van der Waals surface area contributed by atoms with Crippen LogP contribution in [-0.4, -0.2) is 45.4 Å². The number of pyridine rings is 1. The van der Waals surface area contributed by atoms with Crippen molar-refractivity contribution in [1.29, 1.82) is 0 Å². The molecule has 6 rings (SSSR count). The van der Waals surface area contributed by atoms with Gasteiger partial charge in [0.25, 0.3) is 0 Å². The van der Waals surface area contributed by atoms with Crippen molar-refractivity contribution in [2.24, 2.45) is 11.8 Å². The highest BCUT2D eigenvalue weighted by molar-refractivity contribution is 5.60. The zero-order valence-corrected chi connectivity index (χ0v) is 18.5. The maximum absolute atomic E-state index is 13.7. The topological polar surface area (TPSA) is 62.1 Å². The zero-order chi connectivity index (χ0) is 24.3. The van der Waals surface area contributed by atoms with Crippen molar-refractivity contribution in [3.63, 3.8) is 0 Å². The van der Waals surface area contributed by atoms with E-state index in [9.17, 15) is 22.0 Å². The van der Waals surface area contributed by atoms with Crippen molar-refractivity contribution >= 4 is 23.3 Å². The lowest BCUT2D eigenvalue weighted by atomic mass is 9.92. The van der Waals surface area contributed by atoms with Crippen LogP contribution in [0.3, 0.4) is 0 Å². The summed E-state index contributed by atoms with van der Waals surface area (Å²) < 4.78 is 68.1. The van der Waals surface area contributed by atoms with Gasteiger partial charge in [0, 0.05) is 49.3 Å². The minimum atomic E-state index is -4.48. The van der Waals surface area contributed by atoms with Gasteiger partial charge in [-0.2, -0.15) is 18.2 Å². The Kier molecular flexibility index (Phi) is 5.08. The molecule has 0 spiro atoms. The lowest BCUT2D eigenvalue weighted by Gasteiger charge is -2.39. The first-order valence-corrected chi connectivity index (χ1v) is 11.5. The molecule has 1 saturated heterocycles. The van der Waals surface area contributed by atoms with Crippen LogP contribution in [0.5, 0.6) is 0 Å². The molecule has 0 amide bonds. The van der Waals surface area contributed by atoms with E-state index in [4.69, 9.17) is 0 Å². The molecule has 35 heavy (non-hydrogen) atoms. The summed E-state index contributed by atoms with van der Waals surface area (Å²) in [7, 11) is 0. The Labute approximate surface area is 197 Å². The number of nitrogens with one attached hydrogen (secondary N) is 1. The average Bonchev–Trinajstić information content (AvgIpc) is 3.46. The maximum atomic E-state index is 13.7. The Morgan fingerprint density at radius 2 is 1.69 bits per heavy atom. The molecule has 3 aromatic rings. The van der Waals surface area contributed by atoms with Crippen LogP contribution >= 0.6 is 0 Å². The number of nitrogens with zero attached hydrogens (tertiary/aromatic N) is 6. The van der Waals surface area contributed by atoms with Gasteiger partial charge < -0.3 is 15.1 Å². The molecular weight excluding hydrogens is 469 g/mol. The number of fused-ring (bicyclic) bond motifs is 3. The van der Waals surface area contributed by atoms with Crippen LogP contribution in [0.15, 0.2) is 36.5 Å². The van der Waals surface area contributed by atoms with Gasteiger partial charge in [-0.25, -0.2) is 13.5 Å². The molecule has 7 nitrogen and oxygen atoms in total. The SMILES string of the molecule is Fc1ccc(N2CCn3nc(N[C@@H]4[C@@H]5CC[C@H]4CN(c4ccnc(C(F)(F)F)c4)C5)nc32)cc1F. The van der Waals surface area contributed by atoms with Crippen LogP contribution in [0.2, 0.25) is 0 Å². The van der Waals surface area contributed by atoms with E-state index in [-0.39, 0.29) is 17.9 Å². The summed E-state index contributed by atoms with van der Waals surface area (Å²) in [5.74, 6) is -0.335. The van der Waals surface area contributed by atoms with Gasteiger partial charge in [0.05, 0.1) is 6.54 Å². The van der Waals surface area contributed by atoms with E-state index in [1.165, 1.54) is 12.3 Å².